The second kappa shape index (κ2) is 10.6. The zero-order valence-electron chi connectivity index (χ0n) is 22.7. The Morgan fingerprint density at radius 2 is 1.74 bits per heavy atom. The van der Waals surface area contributed by atoms with E-state index in [0.29, 0.717) is 34.0 Å². The van der Waals surface area contributed by atoms with Crippen LogP contribution in [0.4, 0.5) is 5.82 Å². The summed E-state index contributed by atoms with van der Waals surface area (Å²) < 4.78 is 44.7. The van der Waals surface area contributed by atoms with Crippen molar-refractivity contribution in [2.75, 3.05) is 19.2 Å². The fraction of sp³-hybridized carbons (Fsp3) is 0.429. The van der Waals surface area contributed by atoms with Crippen molar-refractivity contribution in [2.45, 2.75) is 69.5 Å². The van der Waals surface area contributed by atoms with Gasteiger partial charge in [0, 0.05) is 35.4 Å². The number of piperidine rings is 1. The molecule has 38 heavy (non-hydrogen) atoms. The van der Waals surface area contributed by atoms with E-state index in [9.17, 15) is 13.0 Å². The molecule has 3 N–H and O–H groups in total. The van der Waals surface area contributed by atoms with Crippen molar-refractivity contribution in [3.63, 3.8) is 0 Å². The molecule has 1 aromatic heterocycles. The number of hydrogen-bond acceptors (Lipinski definition) is 8. The molecule has 1 fully saturated rings. The largest absolute Gasteiger partial charge is 0.467 e. The van der Waals surface area contributed by atoms with E-state index in [2.05, 4.69) is 48.3 Å². The molecule has 2 aromatic carbocycles. The van der Waals surface area contributed by atoms with Gasteiger partial charge in [-0.3, -0.25) is 9.54 Å². The maximum atomic E-state index is 12.0. The number of methoxy groups -OCH3 is 1. The van der Waals surface area contributed by atoms with Crippen LogP contribution in [0.5, 0.6) is 5.75 Å². The van der Waals surface area contributed by atoms with Crippen molar-refractivity contribution in [1.82, 2.24) is 15.3 Å². The number of aromatic nitrogens is 2. The van der Waals surface area contributed by atoms with Gasteiger partial charge in [-0.1, -0.05) is 23.8 Å². The monoisotopic (exact) mass is 540 g/mol. The average molecular weight is 541 g/mol. The summed E-state index contributed by atoms with van der Waals surface area (Å²) in [5, 5.41) is 7.22. The number of ether oxygens (including phenoxy) is 2. The van der Waals surface area contributed by atoms with Gasteiger partial charge in [-0.2, -0.15) is 8.42 Å². The lowest BCUT2D eigenvalue weighted by Crippen LogP contribution is -2.60. The minimum atomic E-state index is -4.42. The normalized spacial score (nSPS) is 17.2. The van der Waals surface area contributed by atoms with Crippen LogP contribution < -0.4 is 15.4 Å². The number of aryl methyl sites for hydroxylation is 1. The molecule has 0 amide bonds. The lowest BCUT2D eigenvalue weighted by Gasteiger charge is -2.46. The highest BCUT2D eigenvalue weighted by molar-refractivity contribution is 7.86. The fourth-order valence-electron chi connectivity index (χ4n) is 5.41. The van der Waals surface area contributed by atoms with E-state index in [1.807, 2.05) is 6.92 Å². The van der Waals surface area contributed by atoms with E-state index in [1.54, 1.807) is 42.7 Å². The molecule has 9 nitrogen and oxygen atoms in total. The van der Waals surface area contributed by atoms with Gasteiger partial charge in [0.25, 0.3) is 10.1 Å². The Hall–Kier alpha value is -3.05. The second-order valence-electron chi connectivity index (χ2n) is 11.2. The predicted molar refractivity (Wildman–Crippen MR) is 148 cm³/mol. The molecule has 0 spiro atoms. The minimum absolute atomic E-state index is 0.00857. The molecule has 0 unspecified atom stereocenters. The van der Waals surface area contributed by atoms with Gasteiger partial charge in [0.05, 0.1) is 18.1 Å². The highest BCUT2D eigenvalue weighted by Crippen LogP contribution is 2.36. The summed E-state index contributed by atoms with van der Waals surface area (Å²) in [4.78, 5) is 9.07. The first kappa shape index (κ1) is 28.0. The zero-order chi connectivity index (χ0) is 27.7. The Bertz CT molecular complexity index is 1390. The lowest BCUT2D eigenvalue weighted by atomic mass is 9.79. The van der Waals surface area contributed by atoms with Crippen LogP contribution >= 0.6 is 0 Å². The summed E-state index contributed by atoms with van der Waals surface area (Å²) in [6.07, 6.45) is 5.31. The number of nitrogens with zero attached hydrogens (tertiary/aromatic N) is 2. The van der Waals surface area contributed by atoms with Crippen LogP contribution in [0.2, 0.25) is 0 Å². The maximum absolute atomic E-state index is 12.0. The van der Waals surface area contributed by atoms with Gasteiger partial charge in [-0.25, -0.2) is 4.98 Å². The van der Waals surface area contributed by atoms with Gasteiger partial charge in [0.1, 0.15) is 16.5 Å². The van der Waals surface area contributed by atoms with Crippen molar-refractivity contribution < 1.29 is 22.4 Å². The van der Waals surface area contributed by atoms with Gasteiger partial charge in [-0.05, 0) is 71.2 Å². The summed E-state index contributed by atoms with van der Waals surface area (Å²) in [6.45, 7) is 10.7. The summed E-state index contributed by atoms with van der Waals surface area (Å²) >= 11 is 0. The van der Waals surface area contributed by atoms with E-state index in [1.165, 1.54) is 13.2 Å². The molecule has 2 heterocycles. The smallest absolute Gasteiger partial charge is 0.295 e. The number of benzene rings is 2. The standard InChI is InChI=1S/C28H36N4O5S/c1-18-7-10-25(38(33,34)35)22(11-18)19-8-9-21(24(12-19)37-17-36-6)23-15-30-26(16-29-23)31-20-13-27(2,3)32-28(4,5)14-20/h7-12,15-16,20,32H,13-14,17H2,1-6H3,(H,30,31)(H,33,34,35). The van der Waals surface area contributed by atoms with Crippen LogP contribution in [0.1, 0.15) is 46.1 Å². The molecule has 1 aliphatic heterocycles. The molecule has 0 aliphatic carbocycles. The molecule has 0 bridgehead atoms. The third-order valence-corrected chi connectivity index (χ3v) is 7.42. The number of hydrogen-bond donors (Lipinski definition) is 3. The van der Waals surface area contributed by atoms with Crippen LogP contribution in [-0.4, -0.2) is 54.0 Å². The molecular formula is C28H36N4O5S. The van der Waals surface area contributed by atoms with E-state index in [4.69, 9.17) is 9.47 Å². The zero-order valence-corrected chi connectivity index (χ0v) is 23.5. The predicted octanol–water partition coefficient (Wildman–Crippen LogP) is 5.07. The second-order valence-corrected chi connectivity index (χ2v) is 12.6. The third kappa shape index (κ3) is 6.68. The molecule has 0 atom stereocenters. The Morgan fingerprint density at radius 3 is 2.34 bits per heavy atom. The van der Waals surface area contributed by atoms with Crippen molar-refractivity contribution >= 4 is 15.9 Å². The first-order valence-corrected chi connectivity index (χ1v) is 13.9. The summed E-state index contributed by atoms with van der Waals surface area (Å²) in [5.74, 6) is 1.14. The number of rotatable bonds is 8. The molecule has 204 valence electrons. The highest BCUT2D eigenvalue weighted by atomic mass is 32.2. The molecule has 0 radical (unpaired) electrons. The van der Waals surface area contributed by atoms with Crippen LogP contribution in [0, 0.1) is 6.92 Å². The summed E-state index contributed by atoms with van der Waals surface area (Å²) in [5.41, 5.74) is 3.08. The molecule has 4 rings (SSSR count). The van der Waals surface area contributed by atoms with E-state index >= 15 is 0 Å². The van der Waals surface area contributed by atoms with Crippen molar-refractivity contribution in [1.29, 1.82) is 0 Å². The summed E-state index contributed by atoms with van der Waals surface area (Å²) in [7, 11) is -2.90. The molecule has 1 saturated heterocycles. The van der Waals surface area contributed by atoms with Gasteiger partial charge in [0.2, 0.25) is 0 Å². The molecule has 10 heteroatoms. The Labute approximate surface area is 224 Å². The first-order valence-electron chi connectivity index (χ1n) is 12.5. The highest BCUT2D eigenvalue weighted by Gasteiger charge is 2.37. The number of nitrogens with one attached hydrogen (secondary N) is 2. The van der Waals surface area contributed by atoms with Crippen LogP contribution in [-0.2, 0) is 14.9 Å². The van der Waals surface area contributed by atoms with E-state index in [-0.39, 0.29) is 28.8 Å². The van der Waals surface area contributed by atoms with Crippen molar-refractivity contribution in [2.24, 2.45) is 0 Å². The number of anilines is 1. The minimum Gasteiger partial charge on any atom is -0.467 e. The average Bonchev–Trinajstić information content (AvgIpc) is 2.80. The van der Waals surface area contributed by atoms with Crippen LogP contribution in [0.3, 0.4) is 0 Å². The van der Waals surface area contributed by atoms with Gasteiger partial charge in [-0.15, -0.1) is 0 Å². The Balaban J connectivity index is 1.64. The topological polar surface area (TPSA) is 123 Å². The molecule has 3 aromatic rings. The fourth-order valence-corrected chi connectivity index (χ4v) is 6.11. The Kier molecular flexibility index (Phi) is 7.81. The van der Waals surface area contributed by atoms with Crippen LogP contribution in [0.15, 0.2) is 53.7 Å². The van der Waals surface area contributed by atoms with Crippen molar-refractivity contribution in [3.05, 3.63) is 54.4 Å². The Morgan fingerprint density at radius 1 is 1.03 bits per heavy atom. The molecule has 1 aliphatic rings. The molecule has 0 saturated carbocycles. The molecular weight excluding hydrogens is 504 g/mol. The van der Waals surface area contributed by atoms with Crippen molar-refractivity contribution in [3.8, 4) is 28.1 Å². The SMILES string of the molecule is COCOc1cc(-c2cc(C)ccc2S(=O)(=O)O)ccc1-c1cnc(NC2CC(C)(C)NC(C)(C)C2)cn1. The third-order valence-electron chi connectivity index (χ3n) is 6.51. The quantitative estimate of drug-likeness (QED) is 0.265. The van der Waals surface area contributed by atoms with Gasteiger partial charge < -0.3 is 20.1 Å². The maximum Gasteiger partial charge on any atom is 0.295 e. The van der Waals surface area contributed by atoms with E-state index in [0.717, 1.165) is 18.4 Å². The van der Waals surface area contributed by atoms with Crippen LogP contribution in [0.25, 0.3) is 22.4 Å². The summed E-state index contributed by atoms with van der Waals surface area (Å²) in [6, 6.07) is 10.3. The van der Waals surface area contributed by atoms with Gasteiger partial charge in [0.15, 0.2) is 6.79 Å². The lowest BCUT2D eigenvalue weighted by molar-refractivity contribution is 0.0515. The van der Waals surface area contributed by atoms with Gasteiger partial charge >= 0.3 is 0 Å². The van der Waals surface area contributed by atoms with E-state index < -0.39 is 10.1 Å². The first-order chi connectivity index (χ1) is 17.8.